The molecule has 7 nitrogen and oxygen atoms in total. The van der Waals surface area contributed by atoms with E-state index in [2.05, 4.69) is 15.8 Å². The van der Waals surface area contributed by atoms with Crippen LogP contribution in [0.3, 0.4) is 0 Å². The van der Waals surface area contributed by atoms with Gasteiger partial charge < -0.3 is 14.8 Å². The summed E-state index contributed by atoms with van der Waals surface area (Å²) in [6.45, 7) is 1.83. The highest BCUT2D eigenvalue weighted by Crippen LogP contribution is 2.17. The number of rotatable bonds is 7. The number of carbonyl (C=O) groups is 2. The molecule has 7 heteroatoms. The number of nitrogens with zero attached hydrogens (tertiary/aromatic N) is 1. The third-order valence-electron chi connectivity index (χ3n) is 4.25. The molecule has 0 saturated heterocycles. The SMILES string of the molecule is COc1ccc(COC(=O)N/N=C(\C)CC(=O)NC2CCCCC2)cc1. The number of hydrazone groups is 1. The van der Waals surface area contributed by atoms with Crippen LogP contribution < -0.4 is 15.5 Å². The van der Waals surface area contributed by atoms with E-state index in [1.165, 1.54) is 19.3 Å². The van der Waals surface area contributed by atoms with E-state index in [1.54, 1.807) is 26.2 Å². The molecule has 0 aliphatic heterocycles. The topological polar surface area (TPSA) is 89.0 Å². The first-order chi connectivity index (χ1) is 12.6. The Kier molecular flexibility index (Phi) is 7.92. The van der Waals surface area contributed by atoms with Gasteiger partial charge in [-0.15, -0.1) is 0 Å². The van der Waals surface area contributed by atoms with Gasteiger partial charge in [0, 0.05) is 11.8 Å². The summed E-state index contributed by atoms with van der Waals surface area (Å²) in [5.74, 6) is 0.677. The van der Waals surface area contributed by atoms with E-state index >= 15 is 0 Å². The van der Waals surface area contributed by atoms with Gasteiger partial charge in [-0.3, -0.25) is 4.79 Å². The summed E-state index contributed by atoms with van der Waals surface area (Å²) in [6.07, 6.45) is 5.16. The number of benzene rings is 1. The minimum absolute atomic E-state index is 0.0634. The third-order valence-corrected chi connectivity index (χ3v) is 4.25. The predicted octanol–water partition coefficient (Wildman–Crippen LogP) is 3.14. The van der Waals surface area contributed by atoms with Crippen LogP contribution in [0.15, 0.2) is 29.4 Å². The van der Waals surface area contributed by atoms with Gasteiger partial charge >= 0.3 is 6.09 Å². The Morgan fingerprint density at radius 1 is 1.15 bits per heavy atom. The zero-order valence-electron chi connectivity index (χ0n) is 15.4. The number of nitrogens with one attached hydrogen (secondary N) is 2. The maximum atomic E-state index is 12.0. The van der Waals surface area contributed by atoms with Gasteiger partial charge in [0.2, 0.25) is 5.91 Å². The molecule has 26 heavy (non-hydrogen) atoms. The molecule has 1 aliphatic rings. The standard InChI is InChI=1S/C19H27N3O4/c1-14(12-18(23)20-16-6-4-3-5-7-16)21-22-19(24)26-13-15-8-10-17(25-2)11-9-15/h8-11,16H,3-7,12-13H2,1-2H3,(H,20,23)(H,22,24)/b21-14+. The number of carbonyl (C=O) groups excluding carboxylic acids is 2. The Labute approximate surface area is 154 Å². The van der Waals surface area contributed by atoms with Crippen LogP contribution in [-0.2, 0) is 16.1 Å². The number of hydrogen-bond acceptors (Lipinski definition) is 5. The molecule has 0 heterocycles. The van der Waals surface area contributed by atoms with Crippen LogP contribution >= 0.6 is 0 Å². The van der Waals surface area contributed by atoms with E-state index in [9.17, 15) is 9.59 Å². The zero-order valence-corrected chi connectivity index (χ0v) is 15.4. The highest BCUT2D eigenvalue weighted by molar-refractivity contribution is 6.00. The number of hydrogen-bond donors (Lipinski definition) is 2. The lowest BCUT2D eigenvalue weighted by atomic mass is 9.95. The molecule has 0 radical (unpaired) electrons. The fourth-order valence-corrected chi connectivity index (χ4v) is 2.84. The monoisotopic (exact) mass is 361 g/mol. The van der Waals surface area contributed by atoms with Crippen molar-refractivity contribution in [2.45, 2.75) is 58.1 Å². The fraction of sp³-hybridized carbons (Fsp3) is 0.526. The van der Waals surface area contributed by atoms with Crippen molar-refractivity contribution >= 4 is 17.7 Å². The molecule has 1 aromatic carbocycles. The van der Waals surface area contributed by atoms with Crippen molar-refractivity contribution in [3.63, 3.8) is 0 Å². The highest BCUT2D eigenvalue weighted by Gasteiger charge is 2.16. The third kappa shape index (κ3) is 7.13. The summed E-state index contributed by atoms with van der Waals surface area (Å²) < 4.78 is 10.1. The van der Waals surface area contributed by atoms with E-state index in [0.29, 0.717) is 5.71 Å². The molecule has 142 valence electrons. The minimum atomic E-state index is -0.659. The Balaban J connectivity index is 1.67. The number of ether oxygens (including phenoxy) is 2. The van der Waals surface area contributed by atoms with Gasteiger partial charge in [0.15, 0.2) is 0 Å². The summed E-state index contributed by atoms with van der Waals surface area (Å²) in [7, 11) is 1.59. The maximum absolute atomic E-state index is 12.0. The molecule has 1 saturated carbocycles. The lowest BCUT2D eigenvalue weighted by Gasteiger charge is -2.22. The first-order valence-corrected chi connectivity index (χ1v) is 8.95. The van der Waals surface area contributed by atoms with E-state index in [0.717, 1.165) is 24.2 Å². The van der Waals surface area contributed by atoms with Crippen LogP contribution in [0.4, 0.5) is 4.79 Å². The lowest BCUT2D eigenvalue weighted by molar-refractivity contribution is -0.120. The van der Waals surface area contributed by atoms with E-state index in [1.807, 2.05) is 12.1 Å². The molecule has 0 bridgehead atoms. The largest absolute Gasteiger partial charge is 0.497 e. The predicted molar refractivity (Wildman–Crippen MR) is 99.1 cm³/mol. The Bertz CT molecular complexity index is 622. The van der Waals surface area contributed by atoms with Crippen molar-refractivity contribution in [1.29, 1.82) is 0 Å². The summed E-state index contributed by atoms with van der Waals surface area (Å²) in [6, 6.07) is 7.49. The van der Waals surface area contributed by atoms with Crippen LogP contribution in [0.5, 0.6) is 5.75 Å². The zero-order chi connectivity index (χ0) is 18.8. The minimum Gasteiger partial charge on any atom is -0.497 e. The Hall–Kier alpha value is -2.57. The average molecular weight is 361 g/mol. The van der Waals surface area contributed by atoms with Crippen molar-refractivity contribution < 1.29 is 19.1 Å². The van der Waals surface area contributed by atoms with Gasteiger partial charge in [0.25, 0.3) is 0 Å². The normalized spacial score (nSPS) is 15.2. The molecule has 2 rings (SSSR count). The first-order valence-electron chi connectivity index (χ1n) is 8.95. The molecule has 1 aromatic rings. The average Bonchev–Trinajstić information content (AvgIpc) is 2.65. The smallest absolute Gasteiger partial charge is 0.428 e. The summed E-state index contributed by atoms with van der Waals surface area (Å²) in [4.78, 5) is 23.7. The molecule has 0 atom stereocenters. The molecule has 0 aromatic heterocycles. The highest BCUT2D eigenvalue weighted by atomic mass is 16.6. The molecule has 2 amide bonds. The van der Waals surface area contributed by atoms with Gasteiger partial charge in [0.05, 0.1) is 13.5 Å². The maximum Gasteiger partial charge on any atom is 0.428 e. The van der Waals surface area contributed by atoms with Gasteiger partial charge in [0.1, 0.15) is 12.4 Å². The first kappa shape index (κ1) is 19.8. The molecule has 1 aliphatic carbocycles. The second-order valence-corrected chi connectivity index (χ2v) is 6.46. The van der Waals surface area contributed by atoms with Crippen LogP contribution in [0.1, 0.15) is 51.0 Å². The van der Waals surface area contributed by atoms with Crippen LogP contribution in [0.2, 0.25) is 0 Å². The van der Waals surface area contributed by atoms with Crippen LogP contribution in [0, 0.1) is 0 Å². The Morgan fingerprint density at radius 2 is 1.85 bits per heavy atom. The van der Waals surface area contributed by atoms with Crippen molar-refractivity contribution in [2.24, 2.45) is 5.10 Å². The second-order valence-electron chi connectivity index (χ2n) is 6.46. The molecular weight excluding hydrogens is 334 g/mol. The van der Waals surface area contributed by atoms with E-state index < -0.39 is 6.09 Å². The molecular formula is C19H27N3O4. The van der Waals surface area contributed by atoms with E-state index in [-0.39, 0.29) is 25.0 Å². The van der Waals surface area contributed by atoms with Gasteiger partial charge in [-0.1, -0.05) is 31.4 Å². The molecule has 1 fully saturated rings. The second kappa shape index (κ2) is 10.4. The quantitative estimate of drug-likeness (QED) is 0.577. The summed E-state index contributed by atoms with van der Waals surface area (Å²) >= 11 is 0. The summed E-state index contributed by atoms with van der Waals surface area (Å²) in [5, 5.41) is 6.93. The summed E-state index contributed by atoms with van der Waals surface area (Å²) in [5.41, 5.74) is 3.68. The Morgan fingerprint density at radius 3 is 2.50 bits per heavy atom. The van der Waals surface area contributed by atoms with Crippen LogP contribution in [0.25, 0.3) is 0 Å². The molecule has 0 unspecified atom stereocenters. The number of amides is 2. The van der Waals surface area contributed by atoms with Crippen molar-refractivity contribution in [3.8, 4) is 5.75 Å². The van der Waals surface area contributed by atoms with Gasteiger partial charge in [-0.05, 0) is 37.5 Å². The van der Waals surface area contributed by atoms with Crippen molar-refractivity contribution in [1.82, 2.24) is 10.7 Å². The van der Waals surface area contributed by atoms with Gasteiger partial charge in [-0.25, -0.2) is 10.2 Å². The van der Waals surface area contributed by atoms with Crippen LogP contribution in [-0.4, -0.2) is 30.9 Å². The molecule has 2 N–H and O–H groups in total. The van der Waals surface area contributed by atoms with Gasteiger partial charge in [-0.2, -0.15) is 5.10 Å². The number of methoxy groups -OCH3 is 1. The molecule has 0 spiro atoms. The van der Waals surface area contributed by atoms with Crippen molar-refractivity contribution in [3.05, 3.63) is 29.8 Å². The van der Waals surface area contributed by atoms with Crippen molar-refractivity contribution in [2.75, 3.05) is 7.11 Å². The fourth-order valence-electron chi connectivity index (χ4n) is 2.84. The van der Waals surface area contributed by atoms with E-state index in [4.69, 9.17) is 9.47 Å². The lowest BCUT2D eigenvalue weighted by Crippen LogP contribution is -2.37.